The van der Waals surface area contributed by atoms with Crippen molar-refractivity contribution in [2.45, 2.75) is 30.9 Å². The second-order valence-electron chi connectivity index (χ2n) is 6.75. The van der Waals surface area contributed by atoms with E-state index >= 15 is 0 Å². The summed E-state index contributed by atoms with van der Waals surface area (Å²) >= 11 is 0. The van der Waals surface area contributed by atoms with Gasteiger partial charge >= 0.3 is 0 Å². The van der Waals surface area contributed by atoms with Gasteiger partial charge in [0.2, 0.25) is 0 Å². The summed E-state index contributed by atoms with van der Waals surface area (Å²) in [5, 5.41) is 12.0. The number of nitrogens with zero attached hydrogens (tertiary/aromatic N) is 1. The van der Waals surface area contributed by atoms with Crippen LogP contribution in [-0.4, -0.2) is 25.2 Å². The topological polar surface area (TPSA) is 83.4 Å². The van der Waals surface area contributed by atoms with Gasteiger partial charge in [0.15, 0.2) is 5.82 Å². The van der Waals surface area contributed by atoms with E-state index in [0.29, 0.717) is 19.3 Å². The lowest BCUT2D eigenvalue weighted by atomic mass is 10.2. The summed E-state index contributed by atoms with van der Waals surface area (Å²) in [5.41, 5.74) is 0.0210. The molecule has 0 spiro atoms. The fourth-order valence-corrected chi connectivity index (χ4v) is 4.18. The van der Waals surface area contributed by atoms with Gasteiger partial charge in [-0.1, -0.05) is 6.07 Å². The van der Waals surface area contributed by atoms with Crippen LogP contribution >= 0.6 is 0 Å². The van der Waals surface area contributed by atoms with Gasteiger partial charge in [-0.2, -0.15) is 0 Å². The molecule has 146 valence electrons. The maximum Gasteiger partial charge on any atom is 0.287 e. The van der Waals surface area contributed by atoms with Crippen molar-refractivity contribution < 1.29 is 18.1 Å². The van der Waals surface area contributed by atoms with Crippen LogP contribution in [0.1, 0.15) is 24.8 Å². The highest BCUT2D eigenvalue weighted by atomic mass is 32.2. The number of hydrogen-bond donors (Lipinski definition) is 3. The molecule has 9 heteroatoms. The van der Waals surface area contributed by atoms with Crippen LogP contribution in [0.15, 0.2) is 29.1 Å². The van der Waals surface area contributed by atoms with Gasteiger partial charge in [0, 0.05) is 19.7 Å². The molecule has 1 fully saturated rings. The van der Waals surface area contributed by atoms with E-state index in [1.54, 1.807) is 13.0 Å². The molecule has 1 aliphatic rings. The number of aliphatic hydroxyl groups excluding tert-OH is 1. The zero-order valence-electron chi connectivity index (χ0n) is 15.0. The third-order valence-corrected chi connectivity index (χ3v) is 6.52. The van der Waals surface area contributed by atoms with Gasteiger partial charge in [-0.25, -0.2) is 13.0 Å². The predicted octanol–water partition coefficient (Wildman–Crippen LogP) is 2.71. The molecule has 2 aromatic rings. The number of rotatable bonds is 7. The van der Waals surface area contributed by atoms with E-state index in [1.165, 1.54) is 19.2 Å². The Hall–Kier alpha value is -2.26. The SMILES string of the molecule is Cc1ccc(Nc2c(NS(=O)C3(CCO)CC3)cc(F)c(=O)n2C)c(F)c1. The first-order valence-electron chi connectivity index (χ1n) is 8.49. The highest BCUT2D eigenvalue weighted by molar-refractivity contribution is 7.88. The largest absolute Gasteiger partial charge is 0.396 e. The molecule has 6 nitrogen and oxygen atoms in total. The molecule has 0 saturated heterocycles. The first-order chi connectivity index (χ1) is 12.8. The molecule has 0 bridgehead atoms. The number of benzene rings is 1. The molecule has 1 aromatic heterocycles. The fraction of sp³-hybridized carbons (Fsp3) is 0.389. The van der Waals surface area contributed by atoms with Crippen molar-refractivity contribution >= 4 is 28.2 Å². The Morgan fingerprint density at radius 2 is 1.93 bits per heavy atom. The Morgan fingerprint density at radius 1 is 1.22 bits per heavy atom. The molecule has 1 unspecified atom stereocenters. The Labute approximate surface area is 157 Å². The van der Waals surface area contributed by atoms with Crippen LogP contribution in [0.4, 0.5) is 26.0 Å². The summed E-state index contributed by atoms with van der Waals surface area (Å²) in [5.74, 6) is -1.45. The second kappa shape index (κ2) is 7.40. The molecule has 1 atom stereocenters. The number of hydrogen-bond acceptors (Lipinski definition) is 4. The molecule has 0 radical (unpaired) electrons. The molecule has 0 amide bonds. The average molecular weight is 397 g/mol. The smallest absolute Gasteiger partial charge is 0.287 e. The van der Waals surface area contributed by atoms with Crippen molar-refractivity contribution in [3.63, 3.8) is 0 Å². The standard InChI is InChI=1S/C18H21F2N3O3S/c1-11-3-4-14(12(19)9-11)21-16-15(10-13(20)17(25)23(16)2)22-27(26)18(5-6-18)7-8-24/h3-4,9-10,21-22,24H,5-8H2,1-2H3. The fourth-order valence-electron chi connectivity index (χ4n) is 2.86. The van der Waals surface area contributed by atoms with Gasteiger partial charge in [-0.15, -0.1) is 0 Å². The van der Waals surface area contributed by atoms with E-state index in [1.807, 2.05) is 0 Å². The molecular weight excluding hydrogens is 376 g/mol. The third-order valence-electron chi connectivity index (χ3n) is 4.72. The number of pyridine rings is 1. The molecule has 3 rings (SSSR count). The van der Waals surface area contributed by atoms with Crippen LogP contribution in [-0.2, 0) is 18.0 Å². The maximum absolute atomic E-state index is 14.2. The van der Waals surface area contributed by atoms with E-state index in [4.69, 9.17) is 5.11 Å². The number of aryl methyl sites for hydroxylation is 1. The predicted molar refractivity (Wildman–Crippen MR) is 101 cm³/mol. The Balaban J connectivity index is 1.98. The van der Waals surface area contributed by atoms with E-state index in [0.717, 1.165) is 16.2 Å². The zero-order chi connectivity index (χ0) is 19.8. The molecule has 27 heavy (non-hydrogen) atoms. The molecule has 1 heterocycles. The van der Waals surface area contributed by atoms with Gasteiger partial charge in [-0.05, 0) is 43.9 Å². The minimum Gasteiger partial charge on any atom is -0.396 e. The van der Waals surface area contributed by atoms with Crippen molar-refractivity contribution in [2.75, 3.05) is 16.6 Å². The minimum absolute atomic E-state index is 0.0807. The van der Waals surface area contributed by atoms with Gasteiger partial charge < -0.3 is 15.1 Å². The number of nitrogens with one attached hydrogen (secondary N) is 2. The molecule has 0 aliphatic heterocycles. The lowest BCUT2D eigenvalue weighted by Gasteiger charge is -2.20. The number of anilines is 3. The van der Waals surface area contributed by atoms with Crippen LogP contribution < -0.4 is 15.6 Å². The van der Waals surface area contributed by atoms with Crippen molar-refractivity contribution in [1.82, 2.24) is 4.57 Å². The number of aliphatic hydroxyl groups is 1. The van der Waals surface area contributed by atoms with Crippen molar-refractivity contribution in [1.29, 1.82) is 0 Å². The summed E-state index contributed by atoms with van der Waals surface area (Å²) in [6, 6.07) is 5.48. The van der Waals surface area contributed by atoms with Crippen LogP contribution in [0.3, 0.4) is 0 Å². The number of halogens is 2. The van der Waals surface area contributed by atoms with Crippen LogP contribution in [0, 0.1) is 18.6 Å². The Morgan fingerprint density at radius 3 is 2.52 bits per heavy atom. The van der Waals surface area contributed by atoms with Gasteiger partial charge in [0.05, 0.1) is 16.1 Å². The van der Waals surface area contributed by atoms with Crippen LogP contribution in [0.5, 0.6) is 0 Å². The first kappa shape index (κ1) is 19.5. The molecule has 1 saturated carbocycles. The van der Waals surface area contributed by atoms with Gasteiger partial charge in [-0.3, -0.25) is 9.36 Å². The third kappa shape index (κ3) is 3.89. The monoisotopic (exact) mass is 397 g/mol. The van der Waals surface area contributed by atoms with E-state index in [9.17, 15) is 17.8 Å². The van der Waals surface area contributed by atoms with Crippen molar-refractivity contribution in [3.05, 3.63) is 51.8 Å². The Bertz CT molecular complexity index is 958. The van der Waals surface area contributed by atoms with Crippen molar-refractivity contribution in [2.24, 2.45) is 7.05 Å². The summed E-state index contributed by atoms with van der Waals surface area (Å²) < 4.78 is 44.1. The van der Waals surface area contributed by atoms with Gasteiger partial charge in [0.1, 0.15) is 22.6 Å². The van der Waals surface area contributed by atoms with E-state index in [-0.39, 0.29) is 23.8 Å². The molecule has 1 aliphatic carbocycles. The summed E-state index contributed by atoms with van der Waals surface area (Å²) in [6.07, 6.45) is 1.71. The summed E-state index contributed by atoms with van der Waals surface area (Å²) in [7, 11) is -0.255. The van der Waals surface area contributed by atoms with E-state index in [2.05, 4.69) is 10.0 Å². The Kier molecular flexibility index (Phi) is 5.34. The van der Waals surface area contributed by atoms with E-state index < -0.39 is 32.9 Å². The minimum atomic E-state index is -1.60. The summed E-state index contributed by atoms with van der Waals surface area (Å²) in [6.45, 7) is 1.64. The lowest BCUT2D eigenvalue weighted by molar-refractivity contribution is 0.284. The zero-order valence-corrected chi connectivity index (χ0v) is 15.8. The lowest BCUT2D eigenvalue weighted by Crippen LogP contribution is -2.28. The quantitative estimate of drug-likeness (QED) is 0.671. The molecule has 1 aromatic carbocycles. The molecular formula is C18H21F2N3O3S. The highest BCUT2D eigenvalue weighted by Gasteiger charge is 2.48. The maximum atomic E-state index is 14.2. The normalized spacial score (nSPS) is 16.0. The average Bonchev–Trinajstić information content (AvgIpc) is 3.39. The van der Waals surface area contributed by atoms with Crippen molar-refractivity contribution in [3.8, 4) is 0 Å². The van der Waals surface area contributed by atoms with Gasteiger partial charge in [0.25, 0.3) is 5.56 Å². The summed E-state index contributed by atoms with van der Waals surface area (Å²) in [4.78, 5) is 12.0. The van der Waals surface area contributed by atoms with Crippen LogP contribution in [0.25, 0.3) is 0 Å². The first-order valence-corrected chi connectivity index (χ1v) is 9.64. The number of aromatic nitrogens is 1. The highest BCUT2D eigenvalue weighted by Crippen LogP contribution is 2.45. The van der Waals surface area contributed by atoms with Crippen LogP contribution in [0.2, 0.25) is 0 Å². The molecule has 3 N–H and O–H groups in total. The second-order valence-corrected chi connectivity index (χ2v) is 8.36.